The van der Waals surface area contributed by atoms with E-state index < -0.39 is 6.29 Å². The predicted octanol–water partition coefficient (Wildman–Crippen LogP) is 2.60. The van der Waals surface area contributed by atoms with Crippen molar-refractivity contribution in [1.82, 2.24) is 10.6 Å². The molecule has 0 radical (unpaired) electrons. The quantitative estimate of drug-likeness (QED) is 0.527. The summed E-state index contributed by atoms with van der Waals surface area (Å²) in [6, 6.07) is 6.13. The molecule has 0 bridgehead atoms. The number of nitrogens with one attached hydrogen (secondary N) is 2. The highest BCUT2D eigenvalue weighted by atomic mass is 35.5. The first kappa shape index (κ1) is 24.4. The molecule has 3 fully saturated rings. The SMILES string of the molecule is O=C(CCl)NC[C@H]1CC[C@H](C(=O)NCCc2ccc(C3OCCO3)c(C3OCCO3)c2)CC1. The minimum Gasteiger partial charge on any atom is -0.356 e. The molecule has 1 aromatic carbocycles. The second-order valence-corrected chi connectivity index (χ2v) is 9.07. The number of amides is 2. The highest BCUT2D eigenvalue weighted by Gasteiger charge is 2.29. The average molecular weight is 481 g/mol. The smallest absolute Gasteiger partial charge is 0.234 e. The first-order valence-electron chi connectivity index (χ1n) is 11.8. The van der Waals surface area contributed by atoms with E-state index in [1.165, 1.54) is 0 Å². The Labute approximate surface area is 199 Å². The molecule has 33 heavy (non-hydrogen) atoms. The van der Waals surface area contributed by atoms with E-state index in [9.17, 15) is 9.59 Å². The first-order chi connectivity index (χ1) is 16.1. The number of carbonyl (C=O) groups is 2. The number of hydrogen-bond acceptors (Lipinski definition) is 6. The van der Waals surface area contributed by atoms with Gasteiger partial charge in [-0.05, 0) is 43.6 Å². The van der Waals surface area contributed by atoms with Crippen LogP contribution < -0.4 is 10.6 Å². The van der Waals surface area contributed by atoms with Gasteiger partial charge in [-0.3, -0.25) is 9.59 Å². The molecule has 2 aliphatic heterocycles. The van der Waals surface area contributed by atoms with Gasteiger partial charge in [0.05, 0.1) is 26.4 Å². The van der Waals surface area contributed by atoms with Crippen molar-refractivity contribution < 1.29 is 28.5 Å². The van der Waals surface area contributed by atoms with E-state index in [0.29, 0.717) is 45.4 Å². The van der Waals surface area contributed by atoms with Crippen molar-refractivity contribution in [2.75, 3.05) is 45.4 Å². The van der Waals surface area contributed by atoms with Crippen LogP contribution in [-0.2, 0) is 35.0 Å². The third-order valence-electron chi connectivity index (χ3n) is 6.54. The molecule has 3 aliphatic rings. The van der Waals surface area contributed by atoms with E-state index >= 15 is 0 Å². The molecule has 2 heterocycles. The van der Waals surface area contributed by atoms with Gasteiger partial charge in [-0.1, -0.05) is 18.2 Å². The monoisotopic (exact) mass is 480 g/mol. The molecule has 2 N–H and O–H groups in total. The molecule has 0 atom stereocenters. The van der Waals surface area contributed by atoms with Crippen LogP contribution in [0.2, 0.25) is 0 Å². The summed E-state index contributed by atoms with van der Waals surface area (Å²) in [6.45, 7) is 3.51. The van der Waals surface area contributed by atoms with Crippen LogP contribution in [0, 0.1) is 11.8 Å². The van der Waals surface area contributed by atoms with Gasteiger partial charge in [-0.15, -0.1) is 11.6 Å². The minimum atomic E-state index is -0.410. The number of hydrogen-bond donors (Lipinski definition) is 2. The molecule has 0 aromatic heterocycles. The van der Waals surface area contributed by atoms with Crippen LogP contribution in [0.15, 0.2) is 18.2 Å². The van der Waals surface area contributed by atoms with E-state index in [2.05, 4.69) is 16.7 Å². The van der Waals surface area contributed by atoms with E-state index in [-0.39, 0.29) is 29.9 Å². The molecular weight excluding hydrogens is 448 g/mol. The predicted molar refractivity (Wildman–Crippen MR) is 122 cm³/mol. The molecule has 2 amide bonds. The highest BCUT2D eigenvalue weighted by Crippen LogP contribution is 2.34. The Morgan fingerprint density at radius 3 is 2.15 bits per heavy atom. The van der Waals surface area contributed by atoms with Gasteiger partial charge >= 0.3 is 0 Å². The molecule has 4 rings (SSSR count). The van der Waals surface area contributed by atoms with Crippen molar-refractivity contribution >= 4 is 23.4 Å². The van der Waals surface area contributed by atoms with E-state index in [1.54, 1.807) is 0 Å². The Hall–Kier alpha value is -1.71. The summed E-state index contributed by atoms with van der Waals surface area (Å²) in [5.41, 5.74) is 2.97. The fourth-order valence-corrected chi connectivity index (χ4v) is 4.78. The summed E-state index contributed by atoms with van der Waals surface area (Å²) in [6.07, 6.45) is 3.51. The summed E-state index contributed by atoms with van der Waals surface area (Å²) in [5, 5.41) is 5.94. The fourth-order valence-electron chi connectivity index (χ4n) is 4.68. The van der Waals surface area contributed by atoms with Crippen LogP contribution in [0.3, 0.4) is 0 Å². The maximum atomic E-state index is 12.6. The molecule has 1 aliphatic carbocycles. The molecule has 182 valence electrons. The first-order valence-corrected chi connectivity index (χ1v) is 12.4. The van der Waals surface area contributed by atoms with E-state index in [0.717, 1.165) is 48.8 Å². The Morgan fingerprint density at radius 2 is 1.52 bits per heavy atom. The average Bonchev–Trinajstić information content (AvgIpc) is 3.57. The molecule has 1 saturated carbocycles. The fraction of sp³-hybridized carbons (Fsp3) is 0.667. The molecular formula is C24H33ClN2O6. The maximum Gasteiger partial charge on any atom is 0.234 e. The normalized spacial score (nSPS) is 24.2. The molecule has 8 nitrogen and oxygen atoms in total. The lowest BCUT2D eigenvalue weighted by molar-refractivity contribution is -0.126. The molecule has 1 aromatic rings. The van der Waals surface area contributed by atoms with Crippen molar-refractivity contribution in [2.24, 2.45) is 11.8 Å². The van der Waals surface area contributed by atoms with Crippen molar-refractivity contribution in [2.45, 2.75) is 44.7 Å². The van der Waals surface area contributed by atoms with Gasteiger partial charge in [0.1, 0.15) is 5.88 Å². The largest absolute Gasteiger partial charge is 0.356 e. The van der Waals surface area contributed by atoms with Crippen molar-refractivity contribution in [3.8, 4) is 0 Å². The number of alkyl halides is 1. The van der Waals surface area contributed by atoms with Gasteiger partial charge in [-0.2, -0.15) is 0 Å². The third-order valence-corrected chi connectivity index (χ3v) is 6.79. The number of rotatable bonds is 9. The van der Waals surface area contributed by atoms with Crippen LogP contribution in [0.5, 0.6) is 0 Å². The van der Waals surface area contributed by atoms with Crippen LogP contribution >= 0.6 is 11.6 Å². The summed E-state index contributed by atoms with van der Waals surface area (Å²) in [7, 11) is 0. The second-order valence-electron chi connectivity index (χ2n) is 8.81. The molecule has 0 unspecified atom stereocenters. The lowest BCUT2D eigenvalue weighted by Crippen LogP contribution is -2.37. The Kier molecular flexibility index (Phi) is 8.97. The Balaban J connectivity index is 1.25. The summed E-state index contributed by atoms with van der Waals surface area (Å²) in [5.74, 6) is 0.434. The zero-order valence-electron chi connectivity index (χ0n) is 18.9. The van der Waals surface area contributed by atoms with Gasteiger partial charge in [-0.25, -0.2) is 0 Å². The van der Waals surface area contributed by atoms with Crippen LogP contribution in [0.4, 0.5) is 0 Å². The second kappa shape index (κ2) is 12.1. The lowest BCUT2D eigenvalue weighted by Gasteiger charge is -2.27. The summed E-state index contributed by atoms with van der Waals surface area (Å²) < 4.78 is 22.8. The van der Waals surface area contributed by atoms with Gasteiger partial charge in [0, 0.05) is 30.1 Å². The summed E-state index contributed by atoms with van der Waals surface area (Å²) >= 11 is 5.52. The molecule has 9 heteroatoms. The Morgan fingerprint density at radius 1 is 0.879 bits per heavy atom. The van der Waals surface area contributed by atoms with Gasteiger partial charge in [0.25, 0.3) is 0 Å². The zero-order chi connectivity index (χ0) is 23.0. The third kappa shape index (κ3) is 6.67. The van der Waals surface area contributed by atoms with Gasteiger partial charge in [0.15, 0.2) is 12.6 Å². The van der Waals surface area contributed by atoms with Crippen LogP contribution in [-0.4, -0.2) is 57.2 Å². The minimum absolute atomic E-state index is 0.00911. The molecule has 2 saturated heterocycles. The van der Waals surface area contributed by atoms with Gasteiger partial charge in [0.2, 0.25) is 11.8 Å². The van der Waals surface area contributed by atoms with Crippen molar-refractivity contribution in [1.29, 1.82) is 0 Å². The summed E-state index contributed by atoms with van der Waals surface area (Å²) in [4.78, 5) is 24.0. The highest BCUT2D eigenvalue weighted by molar-refractivity contribution is 6.27. The number of halogens is 1. The van der Waals surface area contributed by atoms with E-state index in [4.69, 9.17) is 30.5 Å². The molecule has 0 spiro atoms. The lowest BCUT2D eigenvalue weighted by atomic mass is 9.81. The van der Waals surface area contributed by atoms with Crippen molar-refractivity contribution in [3.63, 3.8) is 0 Å². The maximum absolute atomic E-state index is 12.6. The topological polar surface area (TPSA) is 95.1 Å². The number of carbonyl (C=O) groups excluding carboxylic acids is 2. The van der Waals surface area contributed by atoms with Crippen molar-refractivity contribution in [3.05, 3.63) is 34.9 Å². The zero-order valence-corrected chi connectivity index (χ0v) is 19.6. The number of ether oxygens (including phenoxy) is 4. The van der Waals surface area contributed by atoms with Gasteiger partial charge < -0.3 is 29.6 Å². The Bertz CT molecular complexity index is 802. The number of benzene rings is 1. The van der Waals surface area contributed by atoms with Crippen LogP contribution in [0.1, 0.15) is 55.0 Å². The standard InChI is InChI=1S/C24H33ClN2O6/c25-14-21(28)27-15-17-1-4-18(5-2-17)22(29)26-8-7-16-3-6-19(23-30-9-10-31-23)20(13-16)24-32-11-12-33-24/h3,6,13,17-18,23-24H,1-2,4-5,7-12,14-15H2,(H,26,29)(H,27,28)/t17-,18-. The van der Waals surface area contributed by atoms with Crippen LogP contribution in [0.25, 0.3) is 0 Å². The van der Waals surface area contributed by atoms with E-state index in [1.807, 2.05) is 12.1 Å².